The highest BCUT2D eigenvalue weighted by Gasteiger charge is 2.56. The molecule has 0 N–H and O–H groups in total. The molecule has 2 rings (SSSR count). The minimum absolute atomic E-state index is 0.429. The molecule has 1 spiro atoms. The molecule has 13 heavy (non-hydrogen) atoms. The SMILES string of the molecule is O=C1/C=C/C(=O)OC2(CC2)C(=O)O1. The summed E-state index contributed by atoms with van der Waals surface area (Å²) in [6.07, 6.45) is 2.68. The fourth-order valence-corrected chi connectivity index (χ4v) is 1.04. The maximum absolute atomic E-state index is 11.2. The van der Waals surface area contributed by atoms with Crippen LogP contribution in [0.25, 0.3) is 0 Å². The fraction of sp³-hybridized carbons (Fsp3) is 0.375. The van der Waals surface area contributed by atoms with Gasteiger partial charge in [-0.3, -0.25) is 0 Å². The summed E-state index contributed by atoms with van der Waals surface area (Å²) in [7, 11) is 0. The third-order valence-electron chi connectivity index (χ3n) is 1.92. The number of rotatable bonds is 0. The Kier molecular flexibility index (Phi) is 1.48. The maximum Gasteiger partial charge on any atom is 0.358 e. The second-order valence-corrected chi connectivity index (χ2v) is 2.96. The number of hydrogen-bond acceptors (Lipinski definition) is 5. The van der Waals surface area contributed by atoms with Gasteiger partial charge in [-0.15, -0.1) is 0 Å². The zero-order valence-electron chi connectivity index (χ0n) is 6.61. The summed E-state index contributed by atoms with van der Waals surface area (Å²) in [6, 6.07) is 0. The van der Waals surface area contributed by atoms with E-state index in [1.54, 1.807) is 0 Å². The molecule has 0 amide bonds. The van der Waals surface area contributed by atoms with Gasteiger partial charge in [0, 0.05) is 25.0 Å². The molecule has 1 heterocycles. The van der Waals surface area contributed by atoms with E-state index in [0.717, 1.165) is 12.2 Å². The Bertz CT molecular complexity index is 323. The van der Waals surface area contributed by atoms with Crippen LogP contribution in [0.2, 0.25) is 0 Å². The average Bonchev–Trinajstić information content (AvgIpc) is 2.81. The molecule has 1 saturated carbocycles. The lowest BCUT2D eigenvalue weighted by Gasteiger charge is -2.14. The van der Waals surface area contributed by atoms with Crippen molar-refractivity contribution in [2.45, 2.75) is 18.4 Å². The van der Waals surface area contributed by atoms with E-state index < -0.39 is 23.5 Å². The van der Waals surface area contributed by atoms with Crippen molar-refractivity contribution in [2.75, 3.05) is 0 Å². The van der Waals surface area contributed by atoms with E-state index in [-0.39, 0.29) is 0 Å². The van der Waals surface area contributed by atoms with Gasteiger partial charge in [0.15, 0.2) is 0 Å². The van der Waals surface area contributed by atoms with E-state index in [1.165, 1.54) is 0 Å². The Morgan fingerprint density at radius 3 is 2.31 bits per heavy atom. The van der Waals surface area contributed by atoms with Crippen molar-refractivity contribution in [3.05, 3.63) is 12.2 Å². The summed E-state index contributed by atoms with van der Waals surface area (Å²) in [5.74, 6) is -2.27. The molecule has 68 valence electrons. The minimum atomic E-state index is -1.17. The van der Waals surface area contributed by atoms with E-state index in [4.69, 9.17) is 4.74 Å². The van der Waals surface area contributed by atoms with E-state index in [9.17, 15) is 14.4 Å². The van der Waals surface area contributed by atoms with Gasteiger partial charge in [-0.1, -0.05) is 0 Å². The number of carbonyl (C=O) groups is 3. The molecular formula is C8H6O5. The molecule has 0 unspecified atom stereocenters. The van der Waals surface area contributed by atoms with Crippen LogP contribution in [-0.2, 0) is 23.9 Å². The van der Waals surface area contributed by atoms with E-state index >= 15 is 0 Å². The second kappa shape index (κ2) is 2.42. The lowest BCUT2D eigenvalue weighted by Crippen LogP contribution is -2.33. The van der Waals surface area contributed by atoms with E-state index in [1.807, 2.05) is 0 Å². The van der Waals surface area contributed by atoms with Gasteiger partial charge in [0.1, 0.15) is 0 Å². The quantitative estimate of drug-likeness (QED) is 0.380. The normalized spacial score (nSPS) is 27.2. The summed E-state index contributed by atoms with van der Waals surface area (Å²) >= 11 is 0. The van der Waals surface area contributed by atoms with Gasteiger partial charge in [-0.25, -0.2) is 14.4 Å². The predicted molar refractivity (Wildman–Crippen MR) is 38.3 cm³/mol. The molecular weight excluding hydrogens is 176 g/mol. The molecule has 0 aromatic heterocycles. The van der Waals surface area contributed by atoms with Crippen molar-refractivity contribution < 1.29 is 23.9 Å². The number of hydrogen-bond donors (Lipinski definition) is 0. The maximum atomic E-state index is 11.2. The van der Waals surface area contributed by atoms with Crippen LogP contribution in [-0.4, -0.2) is 23.5 Å². The summed E-state index contributed by atoms with van der Waals surface area (Å²) in [6.45, 7) is 0. The smallest absolute Gasteiger partial charge is 0.358 e. The van der Waals surface area contributed by atoms with Crippen LogP contribution < -0.4 is 0 Å². The highest BCUT2D eigenvalue weighted by Crippen LogP contribution is 2.41. The average molecular weight is 182 g/mol. The molecule has 0 aromatic carbocycles. The van der Waals surface area contributed by atoms with Crippen LogP contribution >= 0.6 is 0 Å². The summed E-state index contributed by atoms with van der Waals surface area (Å²) < 4.78 is 9.17. The van der Waals surface area contributed by atoms with Crippen LogP contribution in [0.1, 0.15) is 12.8 Å². The van der Waals surface area contributed by atoms with Crippen LogP contribution in [0.5, 0.6) is 0 Å². The number of esters is 3. The van der Waals surface area contributed by atoms with Gasteiger partial charge in [-0.2, -0.15) is 0 Å². The molecule has 0 radical (unpaired) electrons. The molecule has 1 aliphatic carbocycles. The monoisotopic (exact) mass is 182 g/mol. The molecule has 0 saturated heterocycles. The predicted octanol–water partition coefficient (Wildman–Crippen LogP) is -0.298. The van der Waals surface area contributed by atoms with Crippen LogP contribution in [0.3, 0.4) is 0 Å². The van der Waals surface area contributed by atoms with Crippen molar-refractivity contribution in [2.24, 2.45) is 0 Å². The first kappa shape index (κ1) is 7.97. The Balaban J connectivity index is 2.27. The van der Waals surface area contributed by atoms with Gasteiger partial charge in [-0.05, 0) is 0 Å². The minimum Gasteiger partial charge on any atom is -0.444 e. The largest absolute Gasteiger partial charge is 0.444 e. The molecule has 1 fully saturated rings. The highest BCUT2D eigenvalue weighted by atomic mass is 16.6. The van der Waals surface area contributed by atoms with Crippen LogP contribution in [0, 0.1) is 0 Å². The van der Waals surface area contributed by atoms with Crippen LogP contribution in [0.15, 0.2) is 12.2 Å². The standard InChI is InChI=1S/C8H6O5/c9-5-1-2-6(10)13-8(3-4-8)7(11)12-5/h1-2H,3-4H2/b2-1+. The highest BCUT2D eigenvalue weighted by molar-refractivity contribution is 6.02. The Morgan fingerprint density at radius 1 is 1.08 bits per heavy atom. The van der Waals surface area contributed by atoms with Gasteiger partial charge >= 0.3 is 17.9 Å². The van der Waals surface area contributed by atoms with E-state index in [2.05, 4.69) is 4.74 Å². The van der Waals surface area contributed by atoms with Gasteiger partial charge in [0.2, 0.25) is 5.60 Å². The third kappa shape index (κ3) is 1.32. The number of ether oxygens (including phenoxy) is 2. The number of cyclic esters (lactones) is 2. The molecule has 0 atom stereocenters. The Morgan fingerprint density at radius 2 is 1.69 bits per heavy atom. The van der Waals surface area contributed by atoms with Gasteiger partial charge < -0.3 is 9.47 Å². The van der Waals surface area contributed by atoms with Crippen LogP contribution in [0.4, 0.5) is 0 Å². The molecule has 1 aliphatic heterocycles. The molecule has 5 heteroatoms. The van der Waals surface area contributed by atoms with Crippen molar-refractivity contribution in [1.82, 2.24) is 0 Å². The summed E-state index contributed by atoms with van der Waals surface area (Å²) in [4.78, 5) is 32.8. The molecule has 0 aromatic rings. The summed E-state index contributed by atoms with van der Waals surface area (Å²) in [5, 5.41) is 0. The molecule has 2 aliphatic rings. The fourth-order valence-electron chi connectivity index (χ4n) is 1.04. The summed E-state index contributed by atoms with van der Waals surface area (Å²) in [5.41, 5.74) is -1.17. The van der Waals surface area contributed by atoms with Crippen molar-refractivity contribution in [3.63, 3.8) is 0 Å². The first-order valence-corrected chi connectivity index (χ1v) is 3.80. The topological polar surface area (TPSA) is 69.7 Å². The zero-order chi connectivity index (χ0) is 9.47. The molecule has 5 nitrogen and oxygen atoms in total. The van der Waals surface area contributed by atoms with Crippen molar-refractivity contribution in [3.8, 4) is 0 Å². The Labute approximate surface area is 73.3 Å². The van der Waals surface area contributed by atoms with E-state index in [0.29, 0.717) is 12.8 Å². The van der Waals surface area contributed by atoms with Crippen molar-refractivity contribution in [1.29, 1.82) is 0 Å². The number of carbonyl (C=O) groups excluding carboxylic acids is 3. The van der Waals surface area contributed by atoms with Crippen molar-refractivity contribution >= 4 is 17.9 Å². The zero-order valence-corrected chi connectivity index (χ0v) is 6.61. The first-order valence-electron chi connectivity index (χ1n) is 3.80. The second-order valence-electron chi connectivity index (χ2n) is 2.96. The van der Waals surface area contributed by atoms with Gasteiger partial charge in [0.25, 0.3) is 0 Å². The lowest BCUT2D eigenvalue weighted by atomic mass is 10.3. The third-order valence-corrected chi connectivity index (χ3v) is 1.92. The lowest BCUT2D eigenvalue weighted by molar-refractivity contribution is -0.174. The van der Waals surface area contributed by atoms with Gasteiger partial charge in [0.05, 0.1) is 0 Å². The molecule has 0 bridgehead atoms. The Hall–Kier alpha value is -1.65. The first-order chi connectivity index (χ1) is 6.12.